The molecule has 84 valence electrons. The average Bonchev–Trinajstić information content (AvgIpc) is 2.68. The molecule has 1 aromatic heterocycles. The minimum absolute atomic E-state index is 0.287. The van der Waals surface area contributed by atoms with Crippen molar-refractivity contribution >= 4 is 0 Å². The van der Waals surface area contributed by atoms with Gasteiger partial charge in [-0.3, -0.25) is 0 Å². The molecule has 4 heteroatoms. The van der Waals surface area contributed by atoms with Crippen molar-refractivity contribution in [2.45, 2.75) is 26.7 Å². The molecule has 2 rings (SSSR count). The molecular weight excluding hydrogens is 204 g/mol. The molecule has 1 heterocycles. The Balaban J connectivity index is 2.34. The molecule has 0 radical (unpaired) electrons. The Kier molecular flexibility index (Phi) is 2.90. The second-order valence-electron chi connectivity index (χ2n) is 3.72. The van der Waals surface area contributed by atoms with E-state index < -0.39 is 0 Å². The smallest absolute Gasteiger partial charge is 0.247 e. The topological polar surface area (TPSA) is 59.2 Å². The zero-order valence-electron chi connectivity index (χ0n) is 9.40. The Morgan fingerprint density at radius 2 is 2.12 bits per heavy atom. The standard InChI is InChI=1S/C12H14N2O2/c1-3-4-9-5-6-10(7-11(9)15)12-14-13-8(2)16-12/h5-7,15H,3-4H2,1-2H3. The SMILES string of the molecule is CCCc1ccc(-c2nnc(C)o2)cc1O. The van der Waals surface area contributed by atoms with Gasteiger partial charge in [-0.2, -0.15) is 0 Å². The van der Waals surface area contributed by atoms with E-state index >= 15 is 0 Å². The molecule has 0 atom stereocenters. The fraction of sp³-hybridized carbons (Fsp3) is 0.333. The van der Waals surface area contributed by atoms with Crippen molar-refractivity contribution in [3.63, 3.8) is 0 Å². The summed E-state index contributed by atoms with van der Waals surface area (Å²) in [6, 6.07) is 5.45. The molecule has 4 nitrogen and oxygen atoms in total. The fourth-order valence-electron chi connectivity index (χ4n) is 1.59. The zero-order valence-corrected chi connectivity index (χ0v) is 9.40. The van der Waals surface area contributed by atoms with Crippen LogP contribution in [0.15, 0.2) is 22.6 Å². The van der Waals surface area contributed by atoms with E-state index in [-0.39, 0.29) is 5.75 Å². The van der Waals surface area contributed by atoms with Crippen LogP contribution in [0.1, 0.15) is 24.8 Å². The van der Waals surface area contributed by atoms with E-state index in [1.807, 2.05) is 12.1 Å². The lowest BCUT2D eigenvalue weighted by Crippen LogP contribution is -1.86. The maximum Gasteiger partial charge on any atom is 0.247 e. The van der Waals surface area contributed by atoms with Gasteiger partial charge in [-0.15, -0.1) is 10.2 Å². The highest BCUT2D eigenvalue weighted by atomic mass is 16.4. The Morgan fingerprint density at radius 3 is 2.69 bits per heavy atom. The highest BCUT2D eigenvalue weighted by Gasteiger charge is 2.08. The number of aryl methyl sites for hydroxylation is 2. The Bertz CT molecular complexity index is 492. The number of benzene rings is 1. The summed E-state index contributed by atoms with van der Waals surface area (Å²) in [5.41, 5.74) is 1.69. The van der Waals surface area contributed by atoms with Crippen molar-refractivity contribution < 1.29 is 9.52 Å². The van der Waals surface area contributed by atoms with Gasteiger partial charge in [0.2, 0.25) is 11.8 Å². The van der Waals surface area contributed by atoms with Crippen molar-refractivity contribution in [1.29, 1.82) is 0 Å². The number of phenols is 1. The Morgan fingerprint density at radius 1 is 1.31 bits per heavy atom. The number of nitrogens with zero attached hydrogens (tertiary/aromatic N) is 2. The van der Waals surface area contributed by atoms with E-state index in [4.69, 9.17) is 4.42 Å². The maximum atomic E-state index is 9.80. The number of phenolic OH excluding ortho intramolecular Hbond substituents is 1. The van der Waals surface area contributed by atoms with E-state index in [0.29, 0.717) is 11.8 Å². The van der Waals surface area contributed by atoms with Gasteiger partial charge in [0.05, 0.1) is 0 Å². The summed E-state index contributed by atoms with van der Waals surface area (Å²) in [5, 5.41) is 17.5. The fourth-order valence-corrected chi connectivity index (χ4v) is 1.59. The molecule has 0 aliphatic rings. The van der Waals surface area contributed by atoms with E-state index in [2.05, 4.69) is 17.1 Å². The maximum absolute atomic E-state index is 9.80. The number of aromatic hydroxyl groups is 1. The van der Waals surface area contributed by atoms with Gasteiger partial charge in [-0.05, 0) is 24.1 Å². The van der Waals surface area contributed by atoms with Crippen molar-refractivity contribution in [2.75, 3.05) is 0 Å². The lowest BCUT2D eigenvalue weighted by molar-refractivity contribution is 0.467. The number of aromatic nitrogens is 2. The molecule has 0 aliphatic heterocycles. The van der Waals surface area contributed by atoms with Gasteiger partial charge >= 0.3 is 0 Å². The third-order valence-corrected chi connectivity index (χ3v) is 2.38. The first-order valence-corrected chi connectivity index (χ1v) is 5.33. The van der Waals surface area contributed by atoms with Gasteiger partial charge in [0.25, 0.3) is 0 Å². The van der Waals surface area contributed by atoms with Crippen LogP contribution in [0, 0.1) is 6.92 Å². The first-order valence-electron chi connectivity index (χ1n) is 5.33. The van der Waals surface area contributed by atoms with Crippen LogP contribution >= 0.6 is 0 Å². The molecular formula is C12H14N2O2. The summed E-state index contributed by atoms with van der Waals surface area (Å²) < 4.78 is 5.29. The van der Waals surface area contributed by atoms with Gasteiger partial charge in [0, 0.05) is 12.5 Å². The molecule has 0 bridgehead atoms. The normalized spacial score (nSPS) is 10.6. The molecule has 16 heavy (non-hydrogen) atoms. The van der Waals surface area contributed by atoms with Crippen LogP contribution in [-0.2, 0) is 6.42 Å². The number of rotatable bonds is 3. The molecule has 0 fully saturated rings. The van der Waals surface area contributed by atoms with Crippen LogP contribution in [0.4, 0.5) is 0 Å². The highest BCUT2D eigenvalue weighted by molar-refractivity contribution is 5.57. The van der Waals surface area contributed by atoms with E-state index in [1.54, 1.807) is 13.0 Å². The summed E-state index contributed by atoms with van der Waals surface area (Å²) in [6.45, 7) is 3.82. The number of hydrogen-bond donors (Lipinski definition) is 1. The average molecular weight is 218 g/mol. The number of hydrogen-bond acceptors (Lipinski definition) is 4. The van der Waals surface area contributed by atoms with Crippen LogP contribution in [0.25, 0.3) is 11.5 Å². The minimum Gasteiger partial charge on any atom is -0.508 e. The monoisotopic (exact) mass is 218 g/mol. The van der Waals surface area contributed by atoms with Crippen LogP contribution in [-0.4, -0.2) is 15.3 Å². The molecule has 2 aromatic rings. The van der Waals surface area contributed by atoms with Crippen molar-refractivity contribution in [2.24, 2.45) is 0 Å². The minimum atomic E-state index is 0.287. The van der Waals surface area contributed by atoms with Gasteiger partial charge in [-0.1, -0.05) is 19.4 Å². The molecule has 0 aliphatic carbocycles. The third-order valence-electron chi connectivity index (χ3n) is 2.38. The molecule has 1 aromatic carbocycles. The van der Waals surface area contributed by atoms with Crippen LogP contribution in [0.5, 0.6) is 5.75 Å². The lowest BCUT2D eigenvalue weighted by Gasteiger charge is -2.03. The second kappa shape index (κ2) is 4.35. The van der Waals surface area contributed by atoms with E-state index in [0.717, 1.165) is 24.0 Å². The van der Waals surface area contributed by atoms with Crippen LogP contribution in [0.2, 0.25) is 0 Å². The predicted molar refractivity (Wildman–Crippen MR) is 60.1 cm³/mol. The molecule has 0 amide bonds. The summed E-state index contributed by atoms with van der Waals surface area (Å²) >= 11 is 0. The van der Waals surface area contributed by atoms with Gasteiger partial charge in [0.15, 0.2) is 0 Å². The molecule has 0 spiro atoms. The van der Waals surface area contributed by atoms with Gasteiger partial charge in [0.1, 0.15) is 5.75 Å². The van der Waals surface area contributed by atoms with Crippen molar-refractivity contribution in [3.05, 3.63) is 29.7 Å². The predicted octanol–water partition coefficient (Wildman–Crippen LogP) is 2.70. The van der Waals surface area contributed by atoms with Gasteiger partial charge < -0.3 is 9.52 Å². The van der Waals surface area contributed by atoms with E-state index in [9.17, 15) is 5.11 Å². The Labute approximate surface area is 93.9 Å². The summed E-state index contributed by atoms with van der Waals surface area (Å²) in [4.78, 5) is 0. The first-order chi connectivity index (χ1) is 7.70. The molecule has 0 saturated heterocycles. The van der Waals surface area contributed by atoms with Crippen molar-refractivity contribution in [1.82, 2.24) is 10.2 Å². The zero-order chi connectivity index (χ0) is 11.5. The lowest BCUT2D eigenvalue weighted by atomic mass is 10.1. The summed E-state index contributed by atoms with van der Waals surface area (Å²) in [6.07, 6.45) is 1.88. The summed E-state index contributed by atoms with van der Waals surface area (Å²) in [5.74, 6) is 1.25. The van der Waals surface area contributed by atoms with Crippen LogP contribution < -0.4 is 0 Å². The second-order valence-corrected chi connectivity index (χ2v) is 3.72. The third kappa shape index (κ3) is 2.05. The van der Waals surface area contributed by atoms with Crippen LogP contribution in [0.3, 0.4) is 0 Å². The van der Waals surface area contributed by atoms with Gasteiger partial charge in [-0.25, -0.2) is 0 Å². The summed E-state index contributed by atoms with van der Waals surface area (Å²) in [7, 11) is 0. The van der Waals surface area contributed by atoms with Crippen molar-refractivity contribution in [3.8, 4) is 17.2 Å². The molecule has 0 unspecified atom stereocenters. The molecule has 1 N–H and O–H groups in total. The first kappa shape index (κ1) is 10.7. The highest BCUT2D eigenvalue weighted by Crippen LogP contribution is 2.26. The Hall–Kier alpha value is -1.84. The largest absolute Gasteiger partial charge is 0.508 e. The molecule has 0 saturated carbocycles. The quantitative estimate of drug-likeness (QED) is 0.860. The van der Waals surface area contributed by atoms with E-state index in [1.165, 1.54) is 0 Å².